The zero-order valence-corrected chi connectivity index (χ0v) is 11.0. The van der Waals surface area contributed by atoms with Crippen LogP contribution in [-0.2, 0) is 6.42 Å². The van der Waals surface area contributed by atoms with Crippen molar-refractivity contribution in [2.45, 2.75) is 26.3 Å². The molecule has 1 unspecified atom stereocenters. The molecular weight excluding hydrogens is 240 g/mol. The third kappa shape index (κ3) is 2.31. The van der Waals surface area contributed by atoms with Gasteiger partial charge in [0.1, 0.15) is 5.52 Å². The molecule has 0 saturated heterocycles. The molecule has 0 spiro atoms. The Bertz CT molecular complexity index is 672. The molecule has 0 bridgehead atoms. The molecule has 5 heteroatoms. The minimum atomic E-state index is 0.164. The lowest BCUT2D eigenvalue weighted by molar-refractivity contribution is 0.538. The van der Waals surface area contributed by atoms with Crippen molar-refractivity contribution >= 4 is 16.8 Å². The molecule has 0 aliphatic heterocycles. The van der Waals surface area contributed by atoms with Gasteiger partial charge in [0.05, 0.1) is 11.7 Å². The quantitative estimate of drug-likeness (QED) is 0.751. The summed E-state index contributed by atoms with van der Waals surface area (Å²) in [5.41, 5.74) is 3.79. The number of aromatic nitrogens is 3. The normalized spacial score (nSPS) is 12.7. The predicted octanol–water partition coefficient (Wildman–Crippen LogP) is 3.29. The maximum absolute atomic E-state index is 5.59. The van der Waals surface area contributed by atoms with E-state index >= 15 is 0 Å². The van der Waals surface area contributed by atoms with Crippen LogP contribution in [0.4, 0.5) is 5.69 Å². The highest BCUT2D eigenvalue weighted by Gasteiger charge is 2.09. The van der Waals surface area contributed by atoms with E-state index in [-0.39, 0.29) is 6.04 Å². The first-order chi connectivity index (χ1) is 9.26. The number of oxazole rings is 1. The molecule has 0 amide bonds. The maximum atomic E-state index is 5.59. The summed E-state index contributed by atoms with van der Waals surface area (Å²) in [5.74, 6) is 0.772. The Hall–Kier alpha value is -2.30. The van der Waals surface area contributed by atoms with Crippen LogP contribution >= 0.6 is 0 Å². The largest absolute Gasteiger partial charge is 0.441 e. The summed E-state index contributed by atoms with van der Waals surface area (Å²) in [4.78, 5) is 4.44. The molecule has 2 aromatic heterocycles. The van der Waals surface area contributed by atoms with Crippen LogP contribution in [0.15, 0.2) is 34.9 Å². The summed E-state index contributed by atoms with van der Waals surface area (Å²) in [5, 5.41) is 10.3. The lowest BCUT2D eigenvalue weighted by Gasteiger charge is -2.13. The van der Waals surface area contributed by atoms with Gasteiger partial charge in [-0.2, -0.15) is 5.10 Å². The molecule has 19 heavy (non-hydrogen) atoms. The van der Waals surface area contributed by atoms with Gasteiger partial charge in [0, 0.05) is 18.3 Å². The van der Waals surface area contributed by atoms with Gasteiger partial charge in [0.2, 0.25) is 0 Å². The van der Waals surface area contributed by atoms with Crippen molar-refractivity contribution in [2.75, 3.05) is 5.32 Å². The number of anilines is 1. The molecule has 1 aromatic carbocycles. The topological polar surface area (TPSA) is 66.7 Å². The first-order valence-electron chi connectivity index (χ1n) is 6.41. The van der Waals surface area contributed by atoms with Crippen LogP contribution in [0.25, 0.3) is 11.1 Å². The minimum absolute atomic E-state index is 0.164. The highest BCUT2D eigenvalue weighted by molar-refractivity contribution is 5.77. The van der Waals surface area contributed by atoms with E-state index < -0.39 is 0 Å². The Morgan fingerprint density at radius 1 is 1.37 bits per heavy atom. The number of aryl methyl sites for hydroxylation is 1. The maximum Gasteiger partial charge on any atom is 0.195 e. The van der Waals surface area contributed by atoms with E-state index in [9.17, 15) is 0 Å². The van der Waals surface area contributed by atoms with E-state index in [4.69, 9.17) is 4.42 Å². The zero-order valence-electron chi connectivity index (χ0n) is 11.0. The fraction of sp³-hybridized carbons (Fsp3) is 0.286. The smallest absolute Gasteiger partial charge is 0.195 e. The number of nitrogens with zero attached hydrogens (tertiary/aromatic N) is 2. The van der Waals surface area contributed by atoms with Gasteiger partial charge in [-0.25, -0.2) is 4.98 Å². The predicted molar refractivity (Wildman–Crippen MR) is 74.0 cm³/mol. The number of aromatic amines is 1. The summed E-state index contributed by atoms with van der Waals surface area (Å²) < 4.78 is 5.59. The van der Waals surface area contributed by atoms with Crippen LogP contribution in [0.2, 0.25) is 0 Å². The van der Waals surface area contributed by atoms with Gasteiger partial charge in [0.25, 0.3) is 0 Å². The highest BCUT2D eigenvalue weighted by atomic mass is 16.3. The lowest BCUT2D eigenvalue weighted by Crippen LogP contribution is -2.06. The second-order valence-corrected chi connectivity index (χ2v) is 4.52. The lowest BCUT2D eigenvalue weighted by atomic mass is 10.2. The number of fused-ring (bicyclic) bond motifs is 1. The van der Waals surface area contributed by atoms with Gasteiger partial charge in [-0.3, -0.25) is 5.10 Å². The third-order valence-corrected chi connectivity index (χ3v) is 3.11. The molecule has 3 rings (SSSR count). The first-order valence-corrected chi connectivity index (χ1v) is 6.41. The van der Waals surface area contributed by atoms with E-state index in [0.717, 1.165) is 34.8 Å². The highest BCUT2D eigenvalue weighted by Crippen LogP contribution is 2.23. The molecule has 0 aliphatic carbocycles. The van der Waals surface area contributed by atoms with E-state index in [0.29, 0.717) is 0 Å². The number of hydrogen-bond acceptors (Lipinski definition) is 4. The number of hydrogen-bond donors (Lipinski definition) is 2. The molecule has 5 nitrogen and oxygen atoms in total. The van der Waals surface area contributed by atoms with Crippen molar-refractivity contribution < 1.29 is 4.42 Å². The number of rotatable bonds is 4. The van der Waals surface area contributed by atoms with Crippen molar-refractivity contribution in [1.82, 2.24) is 15.2 Å². The van der Waals surface area contributed by atoms with Crippen LogP contribution in [-0.4, -0.2) is 15.2 Å². The Morgan fingerprint density at radius 3 is 3.00 bits per heavy atom. The Labute approximate surface area is 111 Å². The average molecular weight is 256 g/mol. The molecule has 0 saturated carbocycles. The van der Waals surface area contributed by atoms with Crippen LogP contribution in [0, 0.1) is 0 Å². The van der Waals surface area contributed by atoms with E-state index in [1.165, 1.54) is 0 Å². The molecule has 1 atom stereocenters. The molecule has 2 heterocycles. The van der Waals surface area contributed by atoms with Gasteiger partial charge in [-0.05, 0) is 31.2 Å². The third-order valence-electron chi connectivity index (χ3n) is 3.11. The Morgan fingerprint density at radius 2 is 2.26 bits per heavy atom. The molecule has 0 radical (unpaired) electrons. The summed E-state index contributed by atoms with van der Waals surface area (Å²) in [6.45, 7) is 4.11. The van der Waals surface area contributed by atoms with Crippen molar-refractivity contribution in [3.8, 4) is 0 Å². The molecule has 0 fully saturated rings. The number of benzene rings is 1. The Kier molecular flexibility index (Phi) is 2.95. The summed E-state index contributed by atoms with van der Waals surface area (Å²) in [7, 11) is 0. The van der Waals surface area contributed by atoms with Gasteiger partial charge in [0.15, 0.2) is 11.5 Å². The minimum Gasteiger partial charge on any atom is -0.441 e. The summed E-state index contributed by atoms with van der Waals surface area (Å²) in [6.07, 6.45) is 2.56. The van der Waals surface area contributed by atoms with Gasteiger partial charge in [-0.1, -0.05) is 6.92 Å². The molecular formula is C14H16N4O. The average Bonchev–Trinajstić information content (AvgIpc) is 3.07. The number of H-pyrrole nitrogens is 1. The first kappa shape index (κ1) is 11.8. The second-order valence-electron chi connectivity index (χ2n) is 4.52. The van der Waals surface area contributed by atoms with Crippen molar-refractivity contribution in [1.29, 1.82) is 0 Å². The van der Waals surface area contributed by atoms with Crippen LogP contribution in [0.1, 0.15) is 31.5 Å². The van der Waals surface area contributed by atoms with Gasteiger partial charge in [-0.15, -0.1) is 0 Å². The molecule has 0 aliphatic rings. The summed E-state index contributed by atoms with van der Waals surface area (Å²) >= 11 is 0. The molecule has 98 valence electrons. The van der Waals surface area contributed by atoms with E-state index in [2.05, 4.69) is 27.4 Å². The van der Waals surface area contributed by atoms with Gasteiger partial charge >= 0.3 is 0 Å². The van der Waals surface area contributed by atoms with Crippen molar-refractivity contribution in [3.05, 3.63) is 42.0 Å². The van der Waals surface area contributed by atoms with Crippen LogP contribution in [0.5, 0.6) is 0 Å². The van der Waals surface area contributed by atoms with Crippen molar-refractivity contribution in [2.24, 2.45) is 0 Å². The molecule has 2 N–H and O–H groups in total. The standard InChI is InChI=1S/C14H16N4O/c1-3-14-17-12-8-10(4-5-13(12)19-14)16-9(2)11-6-7-15-18-11/h4-9,16H,3H2,1-2H3,(H,15,18). The monoisotopic (exact) mass is 256 g/mol. The van der Waals surface area contributed by atoms with Crippen LogP contribution < -0.4 is 5.32 Å². The Balaban J connectivity index is 1.85. The second kappa shape index (κ2) is 4.76. The fourth-order valence-electron chi connectivity index (χ4n) is 2.05. The van der Waals surface area contributed by atoms with E-state index in [1.54, 1.807) is 6.20 Å². The van der Waals surface area contributed by atoms with Crippen LogP contribution in [0.3, 0.4) is 0 Å². The van der Waals surface area contributed by atoms with Gasteiger partial charge < -0.3 is 9.73 Å². The fourth-order valence-corrected chi connectivity index (χ4v) is 2.05. The van der Waals surface area contributed by atoms with Crippen molar-refractivity contribution in [3.63, 3.8) is 0 Å². The molecule has 3 aromatic rings. The van der Waals surface area contributed by atoms with E-state index in [1.807, 2.05) is 31.2 Å². The SMILES string of the molecule is CCc1nc2cc(NC(C)c3ccn[nH]3)ccc2o1. The number of nitrogens with one attached hydrogen (secondary N) is 2. The summed E-state index contributed by atoms with van der Waals surface area (Å²) in [6, 6.07) is 8.08. The zero-order chi connectivity index (χ0) is 13.2.